The topological polar surface area (TPSA) is 35.9 Å². The van der Waals surface area contributed by atoms with E-state index in [1.165, 1.54) is 25.9 Å². The van der Waals surface area contributed by atoms with Crippen molar-refractivity contribution < 1.29 is 9.84 Å². The fourth-order valence-electron chi connectivity index (χ4n) is 2.81. The van der Waals surface area contributed by atoms with E-state index in [1.54, 1.807) is 0 Å². The minimum atomic E-state index is -0.516. The highest BCUT2D eigenvalue weighted by molar-refractivity contribution is 4.84. The second-order valence-corrected chi connectivity index (χ2v) is 5.62. The molecule has 2 heterocycles. The van der Waals surface area contributed by atoms with Gasteiger partial charge in [0.1, 0.15) is 0 Å². The van der Waals surface area contributed by atoms with Crippen LogP contribution < -0.4 is 0 Å². The summed E-state index contributed by atoms with van der Waals surface area (Å²) < 4.78 is 5.30. The van der Waals surface area contributed by atoms with Gasteiger partial charge in [-0.2, -0.15) is 0 Å². The molecule has 2 aliphatic rings. The first-order valence-electron chi connectivity index (χ1n) is 6.89. The highest BCUT2D eigenvalue weighted by Crippen LogP contribution is 2.21. The molecule has 0 spiro atoms. The minimum absolute atomic E-state index is 0.516. The van der Waals surface area contributed by atoms with Crippen LogP contribution in [0.3, 0.4) is 0 Å². The van der Waals surface area contributed by atoms with E-state index in [1.807, 2.05) is 0 Å². The van der Waals surface area contributed by atoms with Crippen LogP contribution in [-0.4, -0.2) is 73.5 Å². The van der Waals surface area contributed by atoms with E-state index < -0.39 is 5.60 Å². The molecule has 2 fully saturated rings. The third-order valence-electron chi connectivity index (χ3n) is 3.98. The van der Waals surface area contributed by atoms with E-state index in [0.29, 0.717) is 13.2 Å². The van der Waals surface area contributed by atoms with Crippen molar-refractivity contribution in [2.24, 2.45) is 0 Å². The third kappa shape index (κ3) is 4.21. The van der Waals surface area contributed by atoms with Gasteiger partial charge in [-0.1, -0.05) is 0 Å². The first kappa shape index (κ1) is 13.3. The van der Waals surface area contributed by atoms with Crippen LogP contribution in [0, 0.1) is 0 Å². The van der Waals surface area contributed by atoms with E-state index in [-0.39, 0.29) is 0 Å². The molecule has 4 nitrogen and oxygen atoms in total. The molecular formula is C13H26N2O2. The largest absolute Gasteiger partial charge is 0.388 e. The molecule has 4 heteroatoms. The Morgan fingerprint density at radius 3 is 2.53 bits per heavy atom. The average molecular weight is 242 g/mol. The number of ether oxygens (including phenoxy) is 1. The molecule has 0 unspecified atom stereocenters. The van der Waals surface area contributed by atoms with E-state index in [4.69, 9.17) is 4.74 Å². The van der Waals surface area contributed by atoms with Gasteiger partial charge < -0.3 is 19.6 Å². The Kier molecular flexibility index (Phi) is 4.79. The summed E-state index contributed by atoms with van der Waals surface area (Å²) in [5.41, 5.74) is -0.516. The maximum atomic E-state index is 10.4. The maximum Gasteiger partial charge on any atom is 0.0817 e. The minimum Gasteiger partial charge on any atom is -0.388 e. The van der Waals surface area contributed by atoms with Crippen molar-refractivity contribution in [3.63, 3.8) is 0 Å². The molecule has 100 valence electrons. The molecule has 2 rings (SSSR count). The Bertz CT molecular complexity index is 223. The van der Waals surface area contributed by atoms with Crippen molar-refractivity contribution in [2.45, 2.75) is 31.3 Å². The zero-order valence-corrected chi connectivity index (χ0v) is 11.0. The van der Waals surface area contributed by atoms with Gasteiger partial charge in [0, 0.05) is 45.7 Å². The number of likely N-dealkylation sites (N-methyl/N-ethyl adjacent to an activating group) is 1. The average Bonchev–Trinajstić information content (AvgIpc) is 2.79. The standard InChI is InChI=1S/C13H26N2O2/c1-14(8-9-15-6-2-3-7-15)12-13(16)4-10-17-11-5-13/h16H,2-12H2,1H3. The molecule has 0 radical (unpaired) electrons. The highest BCUT2D eigenvalue weighted by Gasteiger charge is 2.30. The number of likely N-dealkylation sites (tertiary alicyclic amines) is 1. The molecule has 2 saturated heterocycles. The van der Waals surface area contributed by atoms with Crippen molar-refractivity contribution in [2.75, 3.05) is 53.0 Å². The second kappa shape index (κ2) is 6.14. The van der Waals surface area contributed by atoms with Gasteiger partial charge >= 0.3 is 0 Å². The number of hydrogen-bond acceptors (Lipinski definition) is 4. The molecule has 0 bridgehead atoms. The van der Waals surface area contributed by atoms with Gasteiger partial charge in [-0.15, -0.1) is 0 Å². The van der Waals surface area contributed by atoms with E-state index in [9.17, 15) is 5.11 Å². The summed E-state index contributed by atoms with van der Waals surface area (Å²) in [7, 11) is 2.11. The molecule has 0 aromatic heterocycles. The summed E-state index contributed by atoms with van der Waals surface area (Å²) in [6, 6.07) is 0. The van der Waals surface area contributed by atoms with Crippen LogP contribution in [0.5, 0.6) is 0 Å². The summed E-state index contributed by atoms with van der Waals surface area (Å²) >= 11 is 0. The quantitative estimate of drug-likeness (QED) is 0.764. The van der Waals surface area contributed by atoms with Crippen LogP contribution in [0.2, 0.25) is 0 Å². The third-order valence-corrected chi connectivity index (χ3v) is 3.98. The SMILES string of the molecule is CN(CCN1CCCC1)CC1(O)CCOCC1. The lowest BCUT2D eigenvalue weighted by atomic mass is 9.94. The molecule has 17 heavy (non-hydrogen) atoms. The molecule has 0 aliphatic carbocycles. The smallest absolute Gasteiger partial charge is 0.0817 e. The van der Waals surface area contributed by atoms with Gasteiger partial charge in [-0.25, -0.2) is 0 Å². The van der Waals surface area contributed by atoms with Crippen LogP contribution in [0.25, 0.3) is 0 Å². The number of aliphatic hydroxyl groups is 1. The predicted octanol–water partition coefficient (Wildman–Crippen LogP) is 0.555. The van der Waals surface area contributed by atoms with Gasteiger partial charge in [0.05, 0.1) is 5.60 Å². The van der Waals surface area contributed by atoms with Gasteiger partial charge in [0.2, 0.25) is 0 Å². The zero-order valence-electron chi connectivity index (χ0n) is 11.0. The highest BCUT2D eigenvalue weighted by atomic mass is 16.5. The lowest BCUT2D eigenvalue weighted by molar-refractivity contribution is -0.0772. The van der Waals surface area contributed by atoms with E-state index in [0.717, 1.165) is 32.5 Å². The Morgan fingerprint density at radius 1 is 1.24 bits per heavy atom. The van der Waals surface area contributed by atoms with E-state index in [2.05, 4.69) is 16.8 Å². The molecule has 0 amide bonds. The number of nitrogens with zero attached hydrogens (tertiary/aromatic N) is 2. The van der Waals surface area contributed by atoms with Crippen LogP contribution >= 0.6 is 0 Å². The second-order valence-electron chi connectivity index (χ2n) is 5.62. The normalized spacial score (nSPS) is 25.6. The molecule has 0 aromatic carbocycles. The van der Waals surface area contributed by atoms with Crippen molar-refractivity contribution in [3.05, 3.63) is 0 Å². The Hall–Kier alpha value is -0.160. The van der Waals surface area contributed by atoms with Crippen LogP contribution in [0.15, 0.2) is 0 Å². The summed E-state index contributed by atoms with van der Waals surface area (Å²) in [6.07, 6.45) is 4.26. The van der Waals surface area contributed by atoms with Crippen molar-refractivity contribution >= 4 is 0 Å². The van der Waals surface area contributed by atoms with Gasteiger partial charge in [-0.3, -0.25) is 0 Å². The Labute approximate surface area is 105 Å². The Balaban J connectivity index is 1.66. The predicted molar refractivity (Wildman–Crippen MR) is 68.2 cm³/mol. The fourth-order valence-corrected chi connectivity index (χ4v) is 2.81. The van der Waals surface area contributed by atoms with Crippen LogP contribution in [-0.2, 0) is 4.74 Å². The van der Waals surface area contributed by atoms with Gasteiger partial charge in [0.15, 0.2) is 0 Å². The van der Waals surface area contributed by atoms with E-state index >= 15 is 0 Å². The van der Waals surface area contributed by atoms with Crippen LogP contribution in [0.1, 0.15) is 25.7 Å². The first-order valence-corrected chi connectivity index (χ1v) is 6.89. The van der Waals surface area contributed by atoms with Gasteiger partial charge in [-0.05, 0) is 33.0 Å². The summed E-state index contributed by atoms with van der Waals surface area (Å²) in [6.45, 7) is 6.90. The molecular weight excluding hydrogens is 216 g/mol. The molecule has 0 atom stereocenters. The molecule has 2 aliphatic heterocycles. The lowest BCUT2D eigenvalue weighted by Gasteiger charge is -2.35. The van der Waals surface area contributed by atoms with Crippen molar-refractivity contribution in [3.8, 4) is 0 Å². The fraction of sp³-hybridized carbons (Fsp3) is 1.00. The summed E-state index contributed by atoms with van der Waals surface area (Å²) in [4.78, 5) is 4.79. The number of hydrogen-bond donors (Lipinski definition) is 1. The van der Waals surface area contributed by atoms with Crippen molar-refractivity contribution in [1.29, 1.82) is 0 Å². The first-order chi connectivity index (χ1) is 8.18. The van der Waals surface area contributed by atoms with Crippen LogP contribution in [0.4, 0.5) is 0 Å². The zero-order chi connectivity index (χ0) is 12.1. The number of rotatable bonds is 5. The van der Waals surface area contributed by atoms with Gasteiger partial charge in [0.25, 0.3) is 0 Å². The molecule has 1 N–H and O–H groups in total. The Morgan fingerprint density at radius 2 is 1.88 bits per heavy atom. The maximum absolute atomic E-state index is 10.4. The lowest BCUT2D eigenvalue weighted by Crippen LogP contribution is -2.47. The monoisotopic (exact) mass is 242 g/mol. The summed E-state index contributed by atoms with van der Waals surface area (Å²) in [5, 5.41) is 10.4. The summed E-state index contributed by atoms with van der Waals surface area (Å²) in [5.74, 6) is 0. The molecule has 0 saturated carbocycles. The van der Waals surface area contributed by atoms with Crippen molar-refractivity contribution in [1.82, 2.24) is 9.80 Å². The molecule has 0 aromatic rings.